The molecule has 1 N–H and O–H groups in total. The van der Waals surface area contributed by atoms with Gasteiger partial charge in [0.15, 0.2) is 0 Å². The van der Waals surface area contributed by atoms with Crippen molar-refractivity contribution in [2.45, 2.75) is 57.4 Å². The summed E-state index contributed by atoms with van der Waals surface area (Å²) in [6.45, 7) is 3.93. The molecule has 1 aromatic heterocycles. The highest BCUT2D eigenvalue weighted by Crippen LogP contribution is 2.39. The van der Waals surface area contributed by atoms with Crippen LogP contribution in [0.4, 0.5) is 5.13 Å². The van der Waals surface area contributed by atoms with Crippen LogP contribution in [0.2, 0.25) is 0 Å². The van der Waals surface area contributed by atoms with Gasteiger partial charge in [-0.2, -0.15) is 4.37 Å². The third kappa shape index (κ3) is 3.29. The second-order valence-electron chi connectivity index (χ2n) is 5.81. The molecule has 1 saturated carbocycles. The molecule has 6 heteroatoms. The van der Waals surface area contributed by atoms with Gasteiger partial charge in [0.1, 0.15) is 5.82 Å². The van der Waals surface area contributed by atoms with Crippen molar-refractivity contribution in [3.63, 3.8) is 0 Å². The van der Waals surface area contributed by atoms with Gasteiger partial charge in [-0.1, -0.05) is 6.92 Å². The molecule has 2 heterocycles. The molecule has 2 fully saturated rings. The summed E-state index contributed by atoms with van der Waals surface area (Å²) in [5.41, 5.74) is 0. The molecule has 20 heavy (non-hydrogen) atoms. The minimum absolute atomic E-state index is 0.176. The zero-order chi connectivity index (χ0) is 13.9. The first-order valence-electron chi connectivity index (χ1n) is 7.64. The van der Waals surface area contributed by atoms with Crippen LogP contribution >= 0.6 is 11.5 Å². The molecule has 1 aromatic rings. The third-order valence-corrected chi connectivity index (χ3v) is 4.70. The summed E-state index contributed by atoms with van der Waals surface area (Å²) in [5.74, 6) is 1.82. The van der Waals surface area contributed by atoms with Crippen molar-refractivity contribution in [1.29, 1.82) is 0 Å². The number of hydrogen-bond acceptors (Lipinski definition) is 5. The van der Waals surface area contributed by atoms with E-state index >= 15 is 0 Å². The van der Waals surface area contributed by atoms with Gasteiger partial charge in [0.25, 0.3) is 0 Å². The lowest BCUT2D eigenvalue weighted by Gasteiger charge is -2.32. The fourth-order valence-electron chi connectivity index (χ4n) is 2.66. The van der Waals surface area contributed by atoms with E-state index in [0.29, 0.717) is 12.3 Å². The largest absolute Gasteiger partial charge is 0.352 e. The normalized spacial score (nSPS) is 22.9. The van der Waals surface area contributed by atoms with Crippen LogP contribution < -0.4 is 10.2 Å². The number of rotatable bonds is 5. The molecule has 0 bridgehead atoms. The molecule has 110 valence electrons. The van der Waals surface area contributed by atoms with Gasteiger partial charge >= 0.3 is 0 Å². The summed E-state index contributed by atoms with van der Waals surface area (Å²) >= 11 is 1.51. The molecule has 2 aliphatic rings. The van der Waals surface area contributed by atoms with E-state index in [1.807, 2.05) is 6.92 Å². The van der Waals surface area contributed by atoms with E-state index in [2.05, 4.69) is 19.6 Å². The Morgan fingerprint density at radius 1 is 1.45 bits per heavy atom. The first-order chi connectivity index (χ1) is 9.76. The Morgan fingerprint density at radius 2 is 2.30 bits per heavy atom. The summed E-state index contributed by atoms with van der Waals surface area (Å²) < 4.78 is 4.47. The van der Waals surface area contributed by atoms with Crippen molar-refractivity contribution in [2.24, 2.45) is 0 Å². The fraction of sp³-hybridized carbons (Fsp3) is 0.786. The summed E-state index contributed by atoms with van der Waals surface area (Å²) in [6.07, 6.45) is 6.19. The maximum atomic E-state index is 11.7. The summed E-state index contributed by atoms with van der Waals surface area (Å²) in [6, 6.07) is 0.260. The van der Waals surface area contributed by atoms with Crippen molar-refractivity contribution in [3.05, 3.63) is 5.82 Å². The van der Waals surface area contributed by atoms with E-state index in [9.17, 15) is 4.79 Å². The molecule has 0 unspecified atom stereocenters. The molecular formula is C14H22N4OS. The van der Waals surface area contributed by atoms with Gasteiger partial charge in [0, 0.05) is 43.0 Å². The van der Waals surface area contributed by atoms with Gasteiger partial charge in [-0.15, -0.1) is 0 Å². The SMILES string of the molecule is CCCC(=O)N[C@H]1CCCN(c2nc(C3CC3)ns2)C1. The lowest BCUT2D eigenvalue weighted by molar-refractivity contribution is -0.121. The van der Waals surface area contributed by atoms with Gasteiger partial charge in [-0.05, 0) is 32.1 Å². The number of aromatic nitrogens is 2. The highest BCUT2D eigenvalue weighted by Gasteiger charge is 2.29. The molecule has 1 saturated heterocycles. The lowest BCUT2D eigenvalue weighted by atomic mass is 10.1. The fourth-order valence-corrected chi connectivity index (χ4v) is 3.44. The van der Waals surface area contributed by atoms with Crippen molar-refractivity contribution in [3.8, 4) is 0 Å². The maximum absolute atomic E-state index is 11.7. The molecule has 0 aromatic carbocycles. The topological polar surface area (TPSA) is 58.1 Å². The van der Waals surface area contributed by atoms with E-state index in [0.717, 1.165) is 43.3 Å². The Labute approximate surface area is 123 Å². The van der Waals surface area contributed by atoms with Gasteiger partial charge in [0.05, 0.1) is 0 Å². The van der Waals surface area contributed by atoms with Crippen LogP contribution in [0, 0.1) is 0 Å². The first kappa shape index (κ1) is 13.8. The van der Waals surface area contributed by atoms with Gasteiger partial charge in [-0.3, -0.25) is 4.79 Å². The van der Waals surface area contributed by atoms with Crippen molar-refractivity contribution >= 4 is 22.6 Å². The molecule has 3 rings (SSSR count). The predicted octanol–water partition coefficient (Wildman–Crippen LogP) is 2.30. The minimum Gasteiger partial charge on any atom is -0.352 e. The van der Waals surface area contributed by atoms with Crippen LogP contribution in [0.15, 0.2) is 0 Å². The Morgan fingerprint density at radius 3 is 3.05 bits per heavy atom. The van der Waals surface area contributed by atoms with Crippen LogP contribution in [-0.4, -0.2) is 34.4 Å². The Kier molecular flexibility index (Phi) is 4.19. The number of carbonyl (C=O) groups is 1. The van der Waals surface area contributed by atoms with Crippen molar-refractivity contribution < 1.29 is 4.79 Å². The van der Waals surface area contributed by atoms with Crippen LogP contribution in [0.1, 0.15) is 57.2 Å². The average molecular weight is 294 g/mol. The van der Waals surface area contributed by atoms with Gasteiger partial charge < -0.3 is 10.2 Å². The quantitative estimate of drug-likeness (QED) is 0.905. The number of nitrogens with one attached hydrogen (secondary N) is 1. The van der Waals surface area contributed by atoms with E-state index in [1.54, 1.807) is 0 Å². The zero-order valence-electron chi connectivity index (χ0n) is 12.0. The van der Waals surface area contributed by atoms with Crippen LogP contribution in [0.5, 0.6) is 0 Å². The summed E-state index contributed by atoms with van der Waals surface area (Å²) in [7, 11) is 0. The van der Waals surface area contributed by atoms with E-state index in [1.165, 1.54) is 24.4 Å². The number of amides is 1. The second-order valence-corrected chi connectivity index (χ2v) is 6.54. The lowest BCUT2D eigenvalue weighted by Crippen LogP contribution is -2.47. The summed E-state index contributed by atoms with van der Waals surface area (Å²) in [5, 5.41) is 4.17. The molecule has 1 aliphatic heterocycles. The number of nitrogens with zero attached hydrogens (tertiary/aromatic N) is 3. The zero-order valence-corrected chi connectivity index (χ0v) is 12.8. The van der Waals surface area contributed by atoms with Gasteiger partial charge in [-0.25, -0.2) is 4.98 Å². The van der Waals surface area contributed by atoms with E-state index < -0.39 is 0 Å². The number of anilines is 1. The smallest absolute Gasteiger partial charge is 0.220 e. The highest BCUT2D eigenvalue weighted by atomic mass is 32.1. The van der Waals surface area contributed by atoms with Crippen LogP contribution in [-0.2, 0) is 4.79 Å². The van der Waals surface area contributed by atoms with Crippen molar-refractivity contribution in [1.82, 2.24) is 14.7 Å². The Balaban J connectivity index is 1.57. The van der Waals surface area contributed by atoms with E-state index in [-0.39, 0.29) is 11.9 Å². The van der Waals surface area contributed by atoms with Gasteiger partial charge in [0.2, 0.25) is 11.0 Å². The van der Waals surface area contributed by atoms with Crippen LogP contribution in [0.25, 0.3) is 0 Å². The average Bonchev–Trinajstić information content (AvgIpc) is 3.17. The summed E-state index contributed by atoms with van der Waals surface area (Å²) in [4.78, 5) is 18.6. The number of piperidine rings is 1. The molecule has 1 aliphatic carbocycles. The Bertz CT molecular complexity index is 471. The Hall–Kier alpha value is -1.17. The number of carbonyl (C=O) groups excluding carboxylic acids is 1. The first-order valence-corrected chi connectivity index (χ1v) is 8.41. The van der Waals surface area contributed by atoms with Crippen LogP contribution in [0.3, 0.4) is 0 Å². The van der Waals surface area contributed by atoms with E-state index in [4.69, 9.17) is 0 Å². The molecule has 5 nitrogen and oxygen atoms in total. The minimum atomic E-state index is 0.176. The molecular weight excluding hydrogens is 272 g/mol. The maximum Gasteiger partial charge on any atom is 0.220 e. The highest BCUT2D eigenvalue weighted by molar-refractivity contribution is 7.09. The third-order valence-electron chi connectivity index (χ3n) is 3.91. The predicted molar refractivity (Wildman–Crippen MR) is 80.2 cm³/mol. The molecule has 1 amide bonds. The molecule has 0 spiro atoms. The molecule has 1 atom stereocenters. The van der Waals surface area contributed by atoms with Crippen molar-refractivity contribution in [2.75, 3.05) is 18.0 Å². The number of hydrogen-bond donors (Lipinski definition) is 1. The standard InChI is InChI=1S/C14H22N4OS/c1-2-4-12(19)15-11-5-3-8-18(9-11)14-16-13(17-20-14)10-6-7-10/h10-11H,2-9H2,1H3,(H,15,19)/t11-/m0/s1. The monoisotopic (exact) mass is 294 g/mol. The molecule has 0 radical (unpaired) electrons. The second kappa shape index (κ2) is 6.08.